The summed E-state index contributed by atoms with van der Waals surface area (Å²) in [7, 11) is 22.0. The first kappa shape index (κ1) is 30.1. The molecule has 1 aromatic carbocycles. The van der Waals surface area contributed by atoms with Crippen LogP contribution in [0.4, 0.5) is 17.2 Å². The minimum absolute atomic E-state index is 0.0725. The van der Waals surface area contributed by atoms with Crippen molar-refractivity contribution in [1.29, 1.82) is 0 Å². The maximum Gasteiger partial charge on any atom is 0.272 e. The zero-order valence-corrected chi connectivity index (χ0v) is 24.3. The van der Waals surface area contributed by atoms with E-state index in [0.29, 0.717) is 41.5 Å². The smallest absolute Gasteiger partial charge is 0.272 e. The molecule has 0 unspecified atom stereocenters. The van der Waals surface area contributed by atoms with Crippen molar-refractivity contribution in [3.8, 4) is 17.0 Å². The molecule has 216 valence electrons. The van der Waals surface area contributed by atoms with Crippen molar-refractivity contribution in [3.05, 3.63) is 41.7 Å². The molecular formula is C27H30B3N9O4. The van der Waals surface area contributed by atoms with Gasteiger partial charge in [0.1, 0.15) is 5.69 Å². The van der Waals surface area contributed by atoms with E-state index >= 15 is 0 Å². The molecule has 2 aromatic heterocycles. The highest BCUT2D eigenvalue weighted by Gasteiger charge is 2.30. The Hall–Kier alpha value is -4.33. The highest BCUT2D eigenvalue weighted by molar-refractivity contribution is 6.60. The molecule has 13 nitrogen and oxygen atoms in total. The van der Waals surface area contributed by atoms with Crippen LogP contribution < -0.4 is 20.7 Å². The van der Waals surface area contributed by atoms with Crippen molar-refractivity contribution in [2.45, 2.75) is 18.1 Å². The molecule has 3 N–H and O–H groups in total. The summed E-state index contributed by atoms with van der Waals surface area (Å²) in [4.78, 5) is 42.6. The third-order valence-corrected chi connectivity index (χ3v) is 7.19. The first-order chi connectivity index (χ1) is 20.4. The molecule has 16 heteroatoms. The van der Waals surface area contributed by atoms with Gasteiger partial charge >= 0.3 is 0 Å². The summed E-state index contributed by atoms with van der Waals surface area (Å²) in [5.41, 5.74) is 2.00. The van der Waals surface area contributed by atoms with E-state index in [2.05, 4.69) is 36.1 Å². The molecule has 2 aliphatic rings. The summed E-state index contributed by atoms with van der Waals surface area (Å²) < 4.78 is 7.33. The molecule has 1 saturated carbocycles. The molecule has 0 spiro atoms. The van der Waals surface area contributed by atoms with Crippen molar-refractivity contribution in [2.75, 3.05) is 51.0 Å². The van der Waals surface area contributed by atoms with E-state index < -0.39 is 11.1 Å². The Kier molecular flexibility index (Phi) is 8.49. The Balaban J connectivity index is 1.47. The van der Waals surface area contributed by atoms with E-state index in [9.17, 15) is 14.4 Å². The number of hydrogen-bond acceptors (Lipinski definition) is 9. The number of para-hydroxylation sites is 1. The van der Waals surface area contributed by atoms with Crippen molar-refractivity contribution < 1.29 is 19.1 Å². The molecule has 43 heavy (non-hydrogen) atoms. The number of anilines is 3. The van der Waals surface area contributed by atoms with Crippen LogP contribution in [0.1, 0.15) is 33.8 Å². The summed E-state index contributed by atoms with van der Waals surface area (Å²) >= 11 is 0. The maximum absolute atomic E-state index is 13.3. The first-order valence-electron chi connectivity index (χ1n) is 13.8. The molecule has 1 saturated heterocycles. The fourth-order valence-corrected chi connectivity index (χ4v) is 4.72. The van der Waals surface area contributed by atoms with E-state index in [-0.39, 0.29) is 34.9 Å². The monoisotopic (exact) mass is 577 g/mol. The van der Waals surface area contributed by atoms with Gasteiger partial charge in [-0.25, -0.2) is 0 Å². The van der Waals surface area contributed by atoms with Crippen LogP contribution in [0.15, 0.2) is 30.3 Å². The van der Waals surface area contributed by atoms with Gasteiger partial charge in [0.15, 0.2) is 17.3 Å². The van der Waals surface area contributed by atoms with Crippen LogP contribution in [0.3, 0.4) is 0 Å². The number of nitrogens with one attached hydrogen (secondary N) is 3. The third kappa shape index (κ3) is 7.02. The van der Waals surface area contributed by atoms with Crippen LogP contribution in [-0.2, 0) is 11.8 Å². The van der Waals surface area contributed by atoms with Crippen molar-refractivity contribution in [2.24, 2.45) is 13.0 Å². The van der Waals surface area contributed by atoms with Gasteiger partial charge in [0.2, 0.25) is 5.91 Å². The molecule has 0 bridgehead atoms. The zero-order chi connectivity index (χ0) is 30.9. The van der Waals surface area contributed by atoms with Gasteiger partial charge in [-0.05, 0) is 38.1 Å². The van der Waals surface area contributed by atoms with Crippen LogP contribution in [0.5, 0.6) is 5.75 Å². The number of amides is 3. The molecule has 1 aliphatic heterocycles. The number of hydrogen-bond donors (Lipinski definition) is 3. The van der Waals surface area contributed by atoms with Crippen LogP contribution >= 0.6 is 0 Å². The minimum atomic E-state index is -2.01. The van der Waals surface area contributed by atoms with E-state index in [1.807, 2.05) is 18.0 Å². The number of methoxy groups -OCH3 is 1. The lowest BCUT2D eigenvalue weighted by Crippen LogP contribution is -2.50. The fraction of sp³-hybridized carbons (Fsp3) is 0.407. The highest BCUT2D eigenvalue weighted by atomic mass is 16.5. The number of carbonyl (C=O) groups is 3. The second-order valence-electron chi connectivity index (χ2n) is 10.8. The summed E-state index contributed by atoms with van der Waals surface area (Å²) in [5, 5.41) is 18.7. The number of piperazine rings is 1. The molecule has 2 fully saturated rings. The van der Waals surface area contributed by atoms with Crippen LogP contribution in [0.2, 0.25) is 0 Å². The number of likely N-dealkylation sites (N-methyl/N-ethyl adjacent to an activating group) is 1. The second-order valence-corrected chi connectivity index (χ2v) is 10.8. The Bertz CT molecular complexity index is 1550. The summed E-state index contributed by atoms with van der Waals surface area (Å²) in [6, 6.07) is 8.50. The lowest BCUT2D eigenvalue weighted by molar-refractivity contribution is -0.117. The van der Waals surface area contributed by atoms with Gasteiger partial charge in [0.05, 0.1) is 47.7 Å². The normalized spacial score (nSPS) is 15.6. The van der Waals surface area contributed by atoms with Gasteiger partial charge in [0.25, 0.3) is 11.8 Å². The number of nitrogens with zero attached hydrogens (tertiary/aromatic N) is 6. The predicted molar refractivity (Wildman–Crippen MR) is 163 cm³/mol. The molecule has 3 heterocycles. The summed E-state index contributed by atoms with van der Waals surface area (Å²) in [5.74, 6) is -0.623. The molecule has 5 rings (SSSR count). The van der Waals surface area contributed by atoms with E-state index in [4.69, 9.17) is 28.3 Å². The number of benzene rings is 1. The fourth-order valence-electron chi connectivity index (χ4n) is 4.72. The highest BCUT2D eigenvalue weighted by Crippen LogP contribution is 2.38. The van der Waals surface area contributed by atoms with Gasteiger partial charge in [-0.15, -0.1) is 10.2 Å². The molecular weight excluding hydrogens is 547 g/mol. The number of aromatic nitrogens is 4. The Morgan fingerprint density at radius 3 is 2.37 bits per heavy atom. The van der Waals surface area contributed by atoms with Crippen molar-refractivity contribution >= 4 is 58.5 Å². The van der Waals surface area contributed by atoms with Crippen molar-refractivity contribution in [3.63, 3.8) is 0 Å². The number of ether oxygens (including phenoxy) is 1. The number of aryl methyl sites for hydroxylation is 1. The van der Waals surface area contributed by atoms with Gasteiger partial charge < -0.3 is 30.5 Å². The van der Waals surface area contributed by atoms with E-state index in [1.165, 1.54) is 13.2 Å². The second kappa shape index (κ2) is 12.1. The Labute approximate surface area is 253 Å². The predicted octanol–water partition coefficient (Wildman–Crippen LogP) is 0.212. The van der Waals surface area contributed by atoms with Crippen LogP contribution in [0, 0.1) is 5.92 Å². The molecule has 1 aliphatic carbocycles. The summed E-state index contributed by atoms with van der Waals surface area (Å²) in [6.45, 7) is 2.88. The van der Waals surface area contributed by atoms with E-state index in [0.717, 1.165) is 25.9 Å². The van der Waals surface area contributed by atoms with Crippen molar-refractivity contribution in [1.82, 2.24) is 35.1 Å². The first-order valence-corrected chi connectivity index (χ1v) is 13.8. The lowest BCUT2D eigenvalue weighted by atomic mass is 9.49. The number of carbonyl (C=O) groups excluding carboxylic acids is 3. The average molecular weight is 577 g/mol. The van der Waals surface area contributed by atoms with Crippen LogP contribution in [-0.4, -0.2) is 117 Å². The topological polar surface area (TPSA) is 147 Å². The summed E-state index contributed by atoms with van der Waals surface area (Å²) in [6.07, 6.45) is 1.60. The Morgan fingerprint density at radius 1 is 1.00 bits per heavy atom. The minimum Gasteiger partial charge on any atom is -0.494 e. The zero-order valence-electron chi connectivity index (χ0n) is 24.3. The quantitative estimate of drug-likeness (QED) is 0.304. The largest absolute Gasteiger partial charge is 0.494 e. The van der Waals surface area contributed by atoms with E-state index in [1.54, 1.807) is 29.9 Å². The molecule has 6 radical (unpaired) electrons. The Morgan fingerprint density at radius 2 is 1.72 bits per heavy atom. The maximum atomic E-state index is 13.3. The molecule has 3 amide bonds. The van der Waals surface area contributed by atoms with Gasteiger partial charge in [-0.3, -0.25) is 19.1 Å². The van der Waals surface area contributed by atoms with Gasteiger partial charge in [-0.1, -0.05) is 11.3 Å². The van der Waals surface area contributed by atoms with Gasteiger partial charge in [-0.2, -0.15) is 5.10 Å². The SMILES string of the molecule is [B]C([B])([B])NC(=O)c1nnc(NC(=O)C2CC2)cc1Nc1cccc(-c2cc(C(=O)N3CCN(C)CC3)n(C)n2)c1OC. The lowest BCUT2D eigenvalue weighted by Gasteiger charge is -2.32. The molecule has 0 atom stereocenters. The van der Waals surface area contributed by atoms with Gasteiger partial charge in [0, 0.05) is 50.8 Å². The average Bonchev–Trinajstić information content (AvgIpc) is 3.74. The van der Waals surface area contributed by atoms with Crippen LogP contribution in [0.25, 0.3) is 11.3 Å². The standard InChI is InChI=1S/C27H30B3N9O4/c1-37-9-11-39(12-10-37)26(42)20-13-18(36-38(20)2)16-5-4-6-17(23(16)43-3)31-19-14-21(32-24(40)15-7-8-15)34-35-22(19)25(41)33-27(28,29)30/h4-6,13-15H,7-12H2,1-3H3,(H,33,41)(H2,31,32,34,40). The number of rotatable bonds is 9. The molecule has 3 aromatic rings. The third-order valence-electron chi connectivity index (χ3n) is 7.19.